The number of pyridine rings is 1. The van der Waals surface area contributed by atoms with Crippen LogP contribution in [-0.4, -0.2) is 45.0 Å². The maximum absolute atomic E-state index is 15.4. The molecule has 0 bridgehead atoms. The van der Waals surface area contributed by atoms with Crippen LogP contribution in [0.3, 0.4) is 0 Å². The monoisotopic (exact) mass is 458 g/mol. The molecule has 0 saturated carbocycles. The molecule has 2 aromatic heterocycles. The molecule has 0 spiro atoms. The van der Waals surface area contributed by atoms with Gasteiger partial charge in [-0.25, -0.2) is 14.1 Å². The highest BCUT2D eigenvalue weighted by atomic mass is 19.1. The molecular formula is C26H27FN6O. The molecule has 1 N–H and O–H groups in total. The van der Waals surface area contributed by atoms with Crippen molar-refractivity contribution in [3.63, 3.8) is 0 Å². The minimum Gasteiger partial charge on any atom is -0.315 e. The number of benzene rings is 2. The highest BCUT2D eigenvalue weighted by Crippen LogP contribution is 2.32. The third-order valence-electron chi connectivity index (χ3n) is 6.41. The summed E-state index contributed by atoms with van der Waals surface area (Å²) in [6.45, 7) is 5.52. The molecule has 5 rings (SSSR count). The number of nitrogens with one attached hydrogen (secondary N) is 1. The molecule has 1 fully saturated rings. The summed E-state index contributed by atoms with van der Waals surface area (Å²) in [5.41, 5.74) is 2.37. The molecule has 3 heterocycles. The first kappa shape index (κ1) is 22.2. The molecule has 0 unspecified atom stereocenters. The van der Waals surface area contributed by atoms with Crippen LogP contribution < -0.4 is 10.2 Å². The van der Waals surface area contributed by atoms with Gasteiger partial charge < -0.3 is 5.32 Å². The minimum absolute atomic E-state index is 0.0116. The van der Waals surface area contributed by atoms with E-state index in [1.54, 1.807) is 23.4 Å². The van der Waals surface area contributed by atoms with E-state index in [1.807, 2.05) is 38.1 Å². The van der Waals surface area contributed by atoms with E-state index in [2.05, 4.69) is 20.6 Å². The maximum atomic E-state index is 15.4. The number of piperidine rings is 1. The fourth-order valence-electron chi connectivity index (χ4n) is 4.60. The lowest BCUT2D eigenvalue weighted by Crippen LogP contribution is -2.49. The van der Waals surface area contributed by atoms with E-state index in [-0.39, 0.29) is 11.6 Å². The van der Waals surface area contributed by atoms with E-state index in [9.17, 15) is 4.79 Å². The van der Waals surface area contributed by atoms with Crippen molar-refractivity contribution in [2.75, 3.05) is 18.0 Å². The number of hydrogen-bond acceptors (Lipinski definition) is 5. The lowest BCUT2D eigenvalue weighted by Gasteiger charge is -2.35. The average Bonchev–Trinajstić information content (AvgIpc) is 3.34. The standard InChI is InChI=1S/C26H27FN6O/c1-3-19-16-32(31-30-19)20-9-10-22(23(27)14-20)26(34)33(21-8-5-12-28-15-21)25-24-17(2)6-4-7-18(24)11-13-29-25/h4,6-7,9-11,13-14,16,21,28H,3,5,8,12,15H2,1-2H3/t21-/m1/s1. The van der Waals surface area contributed by atoms with Gasteiger partial charge in [-0.15, -0.1) is 5.10 Å². The number of aryl methyl sites for hydroxylation is 2. The number of carbonyl (C=O) groups is 1. The van der Waals surface area contributed by atoms with Crippen molar-refractivity contribution in [1.29, 1.82) is 0 Å². The molecule has 1 aliphatic heterocycles. The smallest absolute Gasteiger partial charge is 0.262 e. The number of anilines is 1. The number of halogens is 1. The van der Waals surface area contributed by atoms with E-state index >= 15 is 4.39 Å². The summed E-state index contributed by atoms with van der Waals surface area (Å²) in [6, 6.07) is 12.4. The van der Waals surface area contributed by atoms with E-state index in [1.165, 1.54) is 16.8 Å². The van der Waals surface area contributed by atoms with Crippen LogP contribution in [0.2, 0.25) is 0 Å². The highest BCUT2D eigenvalue weighted by molar-refractivity contribution is 6.11. The zero-order valence-corrected chi connectivity index (χ0v) is 19.3. The van der Waals surface area contributed by atoms with Crippen LogP contribution in [0.25, 0.3) is 16.5 Å². The van der Waals surface area contributed by atoms with Gasteiger partial charge in [0, 0.05) is 24.2 Å². The van der Waals surface area contributed by atoms with Crippen molar-refractivity contribution in [3.05, 3.63) is 77.5 Å². The molecule has 1 atom stereocenters. The van der Waals surface area contributed by atoms with Crippen LogP contribution in [0.4, 0.5) is 10.2 Å². The topological polar surface area (TPSA) is 75.9 Å². The first-order valence-electron chi connectivity index (χ1n) is 11.7. The first-order valence-corrected chi connectivity index (χ1v) is 11.7. The van der Waals surface area contributed by atoms with Crippen LogP contribution in [0.1, 0.15) is 41.4 Å². The largest absolute Gasteiger partial charge is 0.315 e. The number of amides is 1. The average molecular weight is 459 g/mol. The summed E-state index contributed by atoms with van der Waals surface area (Å²) in [5.74, 6) is -0.419. The van der Waals surface area contributed by atoms with Crippen LogP contribution in [-0.2, 0) is 6.42 Å². The van der Waals surface area contributed by atoms with Gasteiger partial charge in [0.2, 0.25) is 0 Å². The fourth-order valence-corrected chi connectivity index (χ4v) is 4.60. The van der Waals surface area contributed by atoms with E-state index in [4.69, 9.17) is 0 Å². The van der Waals surface area contributed by atoms with Crippen molar-refractivity contribution in [2.45, 2.75) is 39.2 Å². The fraction of sp³-hybridized carbons (Fsp3) is 0.308. The van der Waals surface area contributed by atoms with Gasteiger partial charge in [0.1, 0.15) is 11.6 Å². The maximum Gasteiger partial charge on any atom is 0.262 e. The molecule has 34 heavy (non-hydrogen) atoms. The number of fused-ring (bicyclic) bond motifs is 1. The van der Waals surface area contributed by atoms with Crippen molar-refractivity contribution < 1.29 is 9.18 Å². The first-order chi connectivity index (χ1) is 16.6. The second-order valence-electron chi connectivity index (χ2n) is 8.66. The molecule has 8 heteroatoms. The van der Waals surface area contributed by atoms with Gasteiger partial charge >= 0.3 is 0 Å². The third-order valence-corrected chi connectivity index (χ3v) is 6.41. The Bertz CT molecular complexity index is 1340. The molecule has 2 aromatic carbocycles. The van der Waals surface area contributed by atoms with Crippen molar-refractivity contribution in [1.82, 2.24) is 25.3 Å². The Kier molecular flexibility index (Phi) is 6.06. The number of hydrogen-bond donors (Lipinski definition) is 1. The molecular weight excluding hydrogens is 431 g/mol. The van der Waals surface area contributed by atoms with Crippen LogP contribution in [0.5, 0.6) is 0 Å². The van der Waals surface area contributed by atoms with E-state index in [0.29, 0.717) is 18.1 Å². The Balaban J connectivity index is 1.58. The van der Waals surface area contributed by atoms with Crippen LogP contribution in [0, 0.1) is 12.7 Å². The molecule has 4 aromatic rings. The Morgan fingerprint density at radius 3 is 2.88 bits per heavy atom. The lowest BCUT2D eigenvalue weighted by atomic mass is 10.0. The van der Waals surface area contributed by atoms with Gasteiger partial charge in [-0.3, -0.25) is 9.69 Å². The van der Waals surface area contributed by atoms with Crippen molar-refractivity contribution in [2.24, 2.45) is 0 Å². The number of rotatable bonds is 5. The highest BCUT2D eigenvalue weighted by Gasteiger charge is 2.31. The Morgan fingerprint density at radius 2 is 2.15 bits per heavy atom. The molecule has 0 aliphatic carbocycles. The van der Waals surface area contributed by atoms with E-state index in [0.717, 1.165) is 47.8 Å². The van der Waals surface area contributed by atoms with Crippen molar-refractivity contribution in [3.8, 4) is 5.69 Å². The summed E-state index contributed by atoms with van der Waals surface area (Å²) >= 11 is 0. The second-order valence-corrected chi connectivity index (χ2v) is 8.66. The van der Waals surface area contributed by atoms with Gasteiger partial charge in [-0.1, -0.05) is 30.3 Å². The number of nitrogens with zero attached hydrogens (tertiary/aromatic N) is 5. The van der Waals surface area contributed by atoms with Gasteiger partial charge in [0.15, 0.2) is 0 Å². The van der Waals surface area contributed by atoms with Crippen LogP contribution >= 0.6 is 0 Å². The Morgan fingerprint density at radius 1 is 1.26 bits per heavy atom. The van der Waals surface area contributed by atoms with E-state index < -0.39 is 11.7 Å². The number of aromatic nitrogens is 4. The molecule has 7 nitrogen and oxygen atoms in total. The van der Waals surface area contributed by atoms with Crippen LogP contribution in [0.15, 0.2) is 54.9 Å². The zero-order valence-electron chi connectivity index (χ0n) is 19.3. The van der Waals surface area contributed by atoms with Gasteiger partial charge in [-0.05, 0) is 61.9 Å². The third kappa shape index (κ3) is 4.05. The van der Waals surface area contributed by atoms with Gasteiger partial charge in [-0.2, -0.15) is 0 Å². The predicted molar refractivity (Wildman–Crippen MR) is 130 cm³/mol. The lowest BCUT2D eigenvalue weighted by molar-refractivity contribution is 0.0968. The minimum atomic E-state index is -0.596. The Labute approximate surface area is 197 Å². The normalized spacial score (nSPS) is 16.0. The summed E-state index contributed by atoms with van der Waals surface area (Å²) in [6.07, 6.45) is 5.97. The molecule has 174 valence electrons. The molecule has 1 amide bonds. The summed E-state index contributed by atoms with van der Waals surface area (Å²) in [7, 11) is 0. The van der Waals surface area contributed by atoms with Gasteiger partial charge in [0.25, 0.3) is 5.91 Å². The zero-order chi connectivity index (χ0) is 23.7. The second kappa shape index (κ2) is 9.30. The Hall–Kier alpha value is -3.65. The molecule has 1 saturated heterocycles. The summed E-state index contributed by atoms with van der Waals surface area (Å²) in [5, 5.41) is 13.4. The quantitative estimate of drug-likeness (QED) is 0.485. The van der Waals surface area contributed by atoms with Crippen molar-refractivity contribution >= 4 is 22.5 Å². The molecule has 1 aliphatic rings. The summed E-state index contributed by atoms with van der Waals surface area (Å²) in [4.78, 5) is 20.2. The molecule has 0 radical (unpaired) electrons. The number of carbonyl (C=O) groups excluding carboxylic acids is 1. The van der Waals surface area contributed by atoms with Gasteiger partial charge in [0.05, 0.1) is 29.2 Å². The predicted octanol–water partition coefficient (Wildman–Crippen LogP) is 4.22. The SMILES string of the molecule is CCc1cn(-c2ccc(C(=O)N(c3nccc4cccc(C)c34)[C@@H]3CCCNC3)c(F)c2)nn1. The summed E-state index contributed by atoms with van der Waals surface area (Å²) < 4.78 is 16.9.